The van der Waals surface area contributed by atoms with Gasteiger partial charge < -0.3 is 0 Å². The SMILES string of the molecule is O=S(=O)(O)OOS(=O)(=O)O.[Na].[Na]. The van der Waals surface area contributed by atoms with Crippen LogP contribution in [0.2, 0.25) is 0 Å². The van der Waals surface area contributed by atoms with Gasteiger partial charge in [0, 0.05) is 59.1 Å². The fraction of sp³-hybridized carbons (Fsp3) is 0. The molecule has 0 atom stereocenters. The van der Waals surface area contributed by atoms with Crippen molar-refractivity contribution in [2.24, 2.45) is 0 Å². The molecule has 2 radical (unpaired) electrons. The molecule has 0 aliphatic carbocycles. The molecule has 0 aliphatic rings. The molecule has 2 N–H and O–H groups in total. The number of rotatable bonds is 3. The summed E-state index contributed by atoms with van der Waals surface area (Å²) in [6.07, 6.45) is 0. The van der Waals surface area contributed by atoms with Crippen molar-refractivity contribution in [2.75, 3.05) is 0 Å². The van der Waals surface area contributed by atoms with Crippen molar-refractivity contribution in [2.45, 2.75) is 0 Å². The van der Waals surface area contributed by atoms with E-state index in [2.05, 4.69) is 8.67 Å². The molecule has 8 nitrogen and oxygen atoms in total. The van der Waals surface area contributed by atoms with Crippen LogP contribution in [0.25, 0.3) is 0 Å². The Morgan fingerprint density at radius 1 is 0.750 bits per heavy atom. The van der Waals surface area contributed by atoms with Crippen molar-refractivity contribution in [3.8, 4) is 0 Å². The molecule has 0 spiro atoms. The van der Waals surface area contributed by atoms with Gasteiger partial charge in [0.2, 0.25) is 0 Å². The van der Waals surface area contributed by atoms with Crippen LogP contribution in [0, 0.1) is 0 Å². The maximum absolute atomic E-state index is 9.51. The normalized spacial score (nSPS) is 11.2. The third kappa shape index (κ3) is 17.7. The van der Waals surface area contributed by atoms with Crippen LogP contribution in [-0.4, -0.2) is 85.1 Å². The topological polar surface area (TPSA) is 127 Å². The van der Waals surface area contributed by atoms with Gasteiger partial charge in [-0.05, 0) is 0 Å². The van der Waals surface area contributed by atoms with Crippen molar-refractivity contribution < 1.29 is 34.6 Å². The van der Waals surface area contributed by atoms with E-state index in [1.54, 1.807) is 0 Å². The minimum absolute atomic E-state index is 0. The molecular formula is H2Na2O8S2. The van der Waals surface area contributed by atoms with Crippen molar-refractivity contribution >= 4 is 79.9 Å². The van der Waals surface area contributed by atoms with Crippen LogP contribution in [0.15, 0.2) is 0 Å². The zero-order chi connectivity index (χ0) is 8.41. The molecule has 0 saturated heterocycles. The zero-order valence-electron chi connectivity index (χ0n) is 6.16. The smallest absolute Gasteiger partial charge is 0.262 e. The van der Waals surface area contributed by atoms with E-state index in [9.17, 15) is 16.8 Å². The molecule has 0 aromatic carbocycles. The van der Waals surface area contributed by atoms with E-state index in [-0.39, 0.29) is 59.1 Å². The van der Waals surface area contributed by atoms with E-state index in [4.69, 9.17) is 9.11 Å². The van der Waals surface area contributed by atoms with Gasteiger partial charge in [0.25, 0.3) is 0 Å². The van der Waals surface area contributed by atoms with Gasteiger partial charge in [-0.15, -0.1) is 0 Å². The molecular weight excluding hydrogens is 238 g/mol. The summed E-state index contributed by atoms with van der Waals surface area (Å²) in [6.45, 7) is 0. The van der Waals surface area contributed by atoms with Crippen LogP contribution in [0.1, 0.15) is 0 Å². The van der Waals surface area contributed by atoms with Crippen LogP contribution in [0.4, 0.5) is 0 Å². The minimum Gasteiger partial charge on any atom is -0.262 e. The first kappa shape index (κ1) is 19.3. The summed E-state index contributed by atoms with van der Waals surface area (Å²) in [5.74, 6) is 0. The Morgan fingerprint density at radius 2 is 0.917 bits per heavy atom. The first-order valence-electron chi connectivity index (χ1n) is 1.53. The van der Waals surface area contributed by atoms with Crippen molar-refractivity contribution in [1.29, 1.82) is 0 Å². The van der Waals surface area contributed by atoms with Gasteiger partial charge in [0.05, 0.1) is 0 Å². The summed E-state index contributed by atoms with van der Waals surface area (Å²) >= 11 is 0. The maximum atomic E-state index is 9.51. The summed E-state index contributed by atoms with van der Waals surface area (Å²) in [4.78, 5) is 0. The van der Waals surface area contributed by atoms with Crippen LogP contribution < -0.4 is 0 Å². The van der Waals surface area contributed by atoms with Crippen LogP contribution in [0.5, 0.6) is 0 Å². The molecule has 0 rings (SSSR count). The van der Waals surface area contributed by atoms with E-state index in [1.165, 1.54) is 0 Å². The molecule has 0 unspecified atom stereocenters. The fourth-order valence-electron chi connectivity index (χ4n) is 0.0702. The van der Waals surface area contributed by atoms with Crippen molar-refractivity contribution in [3.05, 3.63) is 0 Å². The molecule has 0 aliphatic heterocycles. The van der Waals surface area contributed by atoms with E-state index in [1.807, 2.05) is 0 Å². The van der Waals surface area contributed by atoms with Gasteiger partial charge in [0.15, 0.2) is 0 Å². The third-order valence-electron chi connectivity index (χ3n) is 0.200. The molecule has 64 valence electrons. The molecule has 0 fully saturated rings. The predicted molar refractivity (Wildman–Crippen MR) is 36.8 cm³/mol. The van der Waals surface area contributed by atoms with Crippen LogP contribution in [0.3, 0.4) is 0 Å². The molecule has 0 saturated carbocycles. The Labute approximate surface area is 113 Å². The Bertz CT molecular complexity index is 251. The number of hydrogen-bond acceptors (Lipinski definition) is 6. The second kappa shape index (κ2) is 7.09. The summed E-state index contributed by atoms with van der Waals surface area (Å²) in [7, 11) is -10.0. The first-order chi connectivity index (χ1) is 4.21. The maximum Gasteiger partial charge on any atom is 0.425 e. The Balaban J connectivity index is -0.000000405. The summed E-state index contributed by atoms with van der Waals surface area (Å²) in [5.41, 5.74) is 0. The second-order valence-corrected chi connectivity index (χ2v) is 2.97. The minimum atomic E-state index is -5.02. The average Bonchev–Trinajstić information content (AvgIpc) is 1.57. The number of hydrogen-bond donors (Lipinski definition) is 2. The third-order valence-corrected chi connectivity index (χ3v) is 0.766. The van der Waals surface area contributed by atoms with Gasteiger partial charge in [-0.3, -0.25) is 9.11 Å². The van der Waals surface area contributed by atoms with E-state index in [0.29, 0.717) is 0 Å². The van der Waals surface area contributed by atoms with Gasteiger partial charge in [-0.1, -0.05) is 8.67 Å². The zero-order valence-corrected chi connectivity index (χ0v) is 11.8. The Morgan fingerprint density at radius 3 is 1.00 bits per heavy atom. The van der Waals surface area contributed by atoms with Gasteiger partial charge >= 0.3 is 20.8 Å². The van der Waals surface area contributed by atoms with Gasteiger partial charge in [-0.2, -0.15) is 16.8 Å². The van der Waals surface area contributed by atoms with E-state index in [0.717, 1.165) is 0 Å². The largest absolute Gasteiger partial charge is 0.425 e. The van der Waals surface area contributed by atoms with Crippen LogP contribution in [-0.2, 0) is 29.5 Å². The molecule has 0 amide bonds. The average molecular weight is 240 g/mol. The quantitative estimate of drug-likeness (QED) is 0.246. The van der Waals surface area contributed by atoms with Crippen LogP contribution >= 0.6 is 0 Å². The van der Waals surface area contributed by atoms with Gasteiger partial charge in [0.1, 0.15) is 0 Å². The summed E-state index contributed by atoms with van der Waals surface area (Å²) in [5, 5.41) is 0. The molecule has 0 bridgehead atoms. The first-order valence-corrected chi connectivity index (χ1v) is 4.26. The van der Waals surface area contributed by atoms with E-state index < -0.39 is 20.8 Å². The second-order valence-electron chi connectivity index (χ2n) is 0.992. The summed E-state index contributed by atoms with van der Waals surface area (Å²) in [6, 6.07) is 0. The molecule has 12 heavy (non-hydrogen) atoms. The molecule has 0 aromatic rings. The summed E-state index contributed by atoms with van der Waals surface area (Å²) < 4.78 is 58.9. The molecule has 0 heterocycles. The molecule has 0 aromatic heterocycles. The van der Waals surface area contributed by atoms with E-state index >= 15 is 0 Å². The fourth-order valence-corrected chi connectivity index (χ4v) is 0.632. The van der Waals surface area contributed by atoms with Crippen molar-refractivity contribution in [3.63, 3.8) is 0 Å². The Hall–Kier alpha value is 1.74. The standard InChI is InChI=1S/2Na.H2O8S2/c;;1-9(2,3)7-8-10(4,5)6/h;;(H,1,2,3)(H,4,5,6). The Kier molecular flexibility index (Phi) is 11.4. The predicted octanol–water partition coefficient (Wildman–Crippen LogP) is -2.22. The molecule has 12 heteroatoms. The monoisotopic (exact) mass is 240 g/mol. The van der Waals surface area contributed by atoms with Crippen molar-refractivity contribution in [1.82, 2.24) is 0 Å². The van der Waals surface area contributed by atoms with Gasteiger partial charge in [-0.25, -0.2) is 0 Å².